The van der Waals surface area contributed by atoms with Gasteiger partial charge in [0.05, 0.1) is 16.7 Å². The molecule has 182 valence electrons. The van der Waals surface area contributed by atoms with E-state index in [4.69, 9.17) is 9.31 Å². The zero-order valence-electron chi connectivity index (χ0n) is 21.8. The number of hydrogen-bond acceptors (Lipinski definition) is 2. The van der Waals surface area contributed by atoms with E-state index in [2.05, 4.69) is 129 Å². The van der Waals surface area contributed by atoms with Crippen molar-refractivity contribution in [3.63, 3.8) is 0 Å². The van der Waals surface area contributed by atoms with Crippen LogP contribution in [0.2, 0.25) is 0 Å². The molecule has 1 saturated heterocycles. The van der Waals surface area contributed by atoms with Gasteiger partial charge in [-0.2, -0.15) is 0 Å². The number of benzene rings is 5. The molecule has 6 aromatic rings. The molecular weight excluding hydrogens is 453 g/mol. The summed E-state index contributed by atoms with van der Waals surface area (Å²) in [6.45, 7) is 9.24. The second-order valence-corrected chi connectivity index (χ2v) is 11.3. The van der Waals surface area contributed by atoms with Gasteiger partial charge >= 0.3 is 7.12 Å². The van der Waals surface area contributed by atoms with Gasteiger partial charge in [0.15, 0.2) is 0 Å². The Morgan fingerprint density at radius 3 is 1.86 bits per heavy atom. The predicted octanol–water partition coefficient (Wildman–Crippen LogP) is 7.45. The van der Waals surface area contributed by atoms with Crippen LogP contribution >= 0.6 is 0 Å². The molecule has 0 unspecified atom stereocenters. The van der Waals surface area contributed by atoms with Crippen molar-refractivity contribution < 1.29 is 9.31 Å². The van der Waals surface area contributed by atoms with E-state index in [9.17, 15) is 0 Å². The summed E-state index contributed by atoms with van der Waals surface area (Å²) in [7, 11) is -0.395. The standard InChI is InChI=1S/C33H30BNO2/c1-32(2)33(3,4)37-34(36-32)23-18-19-29-28(20-23)30-26-16-10-8-14-24(26)25-15-9-11-17-27(25)31(30)35(29)21-22-12-6-5-7-13-22/h5-20H,21H2,1-4H3. The first-order chi connectivity index (χ1) is 17.8. The average Bonchev–Trinajstić information content (AvgIpc) is 3.34. The molecule has 0 N–H and O–H groups in total. The molecule has 1 aliphatic heterocycles. The minimum atomic E-state index is -0.395. The Labute approximate surface area is 217 Å². The Hall–Kier alpha value is -3.60. The topological polar surface area (TPSA) is 23.4 Å². The first-order valence-electron chi connectivity index (χ1n) is 13.1. The van der Waals surface area contributed by atoms with Gasteiger partial charge in [-0.3, -0.25) is 0 Å². The maximum atomic E-state index is 6.44. The van der Waals surface area contributed by atoms with Crippen LogP contribution in [0.25, 0.3) is 43.4 Å². The largest absolute Gasteiger partial charge is 0.494 e. The first-order valence-corrected chi connectivity index (χ1v) is 13.1. The second kappa shape index (κ2) is 7.95. The summed E-state index contributed by atoms with van der Waals surface area (Å²) in [6.07, 6.45) is 0. The lowest BCUT2D eigenvalue weighted by atomic mass is 9.78. The van der Waals surface area contributed by atoms with Crippen LogP contribution in [-0.4, -0.2) is 22.9 Å². The van der Waals surface area contributed by atoms with Gasteiger partial charge in [0, 0.05) is 28.2 Å². The van der Waals surface area contributed by atoms with Crippen molar-refractivity contribution in [2.24, 2.45) is 0 Å². The summed E-state index contributed by atoms with van der Waals surface area (Å²) in [5.74, 6) is 0. The quantitative estimate of drug-likeness (QED) is 0.193. The molecule has 0 atom stereocenters. The highest BCUT2D eigenvalue weighted by molar-refractivity contribution is 6.62. The molecule has 0 amide bonds. The Morgan fingerprint density at radius 2 is 1.19 bits per heavy atom. The van der Waals surface area contributed by atoms with Gasteiger partial charge in [-0.05, 0) is 60.9 Å². The van der Waals surface area contributed by atoms with Crippen molar-refractivity contribution in [3.05, 3.63) is 103 Å². The summed E-state index contributed by atoms with van der Waals surface area (Å²) in [4.78, 5) is 0. The number of hydrogen-bond donors (Lipinski definition) is 0. The van der Waals surface area contributed by atoms with Crippen LogP contribution in [0.15, 0.2) is 97.1 Å². The SMILES string of the molecule is CC1(C)OB(c2ccc3c(c2)c2c4ccccc4c4ccccc4c2n3Cc2ccccc2)OC1(C)C. The lowest BCUT2D eigenvalue weighted by Crippen LogP contribution is -2.41. The fourth-order valence-electron chi connectivity index (χ4n) is 5.84. The molecule has 0 aliphatic carbocycles. The highest BCUT2D eigenvalue weighted by atomic mass is 16.7. The van der Waals surface area contributed by atoms with Gasteiger partial charge in [0.2, 0.25) is 0 Å². The molecule has 2 heterocycles. The van der Waals surface area contributed by atoms with Gasteiger partial charge < -0.3 is 13.9 Å². The van der Waals surface area contributed by atoms with E-state index in [1.165, 1.54) is 48.9 Å². The Kier molecular flexibility index (Phi) is 4.85. The predicted molar refractivity (Wildman–Crippen MR) is 156 cm³/mol. The van der Waals surface area contributed by atoms with Gasteiger partial charge in [-0.1, -0.05) is 91.0 Å². The van der Waals surface area contributed by atoms with Crippen molar-refractivity contribution in [1.82, 2.24) is 4.57 Å². The van der Waals surface area contributed by atoms with Crippen molar-refractivity contribution in [2.45, 2.75) is 45.4 Å². The zero-order valence-corrected chi connectivity index (χ0v) is 21.8. The molecule has 5 aromatic carbocycles. The van der Waals surface area contributed by atoms with E-state index in [-0.39, 0.29) is 11.2 Å². The Morgan fingerprint density at radius 1 is 0.622 bits per heavy atom. The van der Waals surface area contributed by atoms with E-state index in [0.717, 1.165) is 12.0 Å². The van der Waals surface area contributed by atoms with Crippen LogP contribution < -0.4 is 5.46 Å². The van der Waals surface area contributed by atoms with Crippen LogP contribution in [0.5, 0.6) is 0 Å². The molecule has 37 heavy (non-hydrogen) atoms. The average molecular weight is 483 g/mol. The lowest BCUT2D eigenvalue weighted by Gasteiger charge is -2.32. The Bertz CT molecular complexity index is 1800. The van der Waals surface area contributed by atoms with E-state index in [0.29, 0.717) is 0 Å². The van der Waals surface area contributed by atoms with Crippen LogP contribution in [0, 0.1) is 0 Å². The summed E-state index contributed by atoms with van der Waals surface area (Å²) < 4.78 is 15.4. The molecule has 1 aliphatic rings. The molecule has 4 heteroatoms. The maximum absolute atomic E-state index is 6.44. The summed E-state index contributed by atoms with van der Waals surface area (Å²) >= 11 is 0. The normalized spacial score (nSPS) is 16.9. The molecule has 7 rings (SSSR count). The number of fused-ring (bicyclic) bond motifs is 8. The van der Waals surface area contributed by atoms with E-state index in [1.807, 2.05) is 0 Å². The highest BCUT2D eigenvalue weighted by Gasteiger charge is 2.51. The monoisotopic (exact) mass is 483 g/mol. The van der Waals surface area contributed by atoms with Crippen molar-refractivity contribution in [1.29, 1.82) is 0 Å². The van der Waals surface area contributed by atoms with Crippen molar-refractivity contribution in [3.8, 4) is 0 Å². The van der Waals surface area contributed by atoms with Crippen molar-refractivity contribution in [2.75, 3.05) is 0 Å². The van der Waals surface area contributed by atoms with Gasteiger partial charge in [-0.25, -0.2) is 0 Å². The van der Waals surface area contributed by atoms with Crippen LogP contribution in [-0.2, 0) is 15.9 Å². The number of rotatable bonds is 3. The molecule has 3 nitrogen and oxygen atoms in total. The van der Waals surface area contributed by atoms with Crippen molar-refractivity contribution >= 4 is 55.9 Å². The summed E-state index contributed by atoms with van der Waals surface area (Å²) in [5, 5.41) is 7.65. The molecule has 0 saturated carbocycles. The third-order valence-corrected chi connectivity index (χ3v) is 8.47. The molecule has 1 fully saturated rings. The van der Waals surface area contributed by atoms with Gasteiger partial charge in [-0.15, -0.1) is 0 Å². The van der Waals surface area contributed by atoms with Crippen LogP contribution in [0.4, 0.5) is 0 Å². The summed E-state index contributed by atoms with van der Waals surface area (Å²) in [5.41, 5.74) is 4.09. The molecular formula is C33H30BNO2. The third kappa shape index (κ3) is 3.36. The smallest absolute Gasteiger partial charge is 0.399 e. The van der Waals surface area contributed by atoms with Gasteiger partial charge in [0.1, 0.15) is 0 Å². The van der Waals surface area contributed by atoms with Crippen LogP contribution in [0.3, 0.4) is 0 Å². The minimum Gasteiger partial charge on any atom is -0.399 e. The van der Waals surface area contributed by atoms with E-state index in [1.54, 1.807) is 0 Å². The fourth-order valence-corrected chi connectivity index (χ4v) is 5.84. The van der Waals surface area contributed by atoms with E-state index < -0.39 is 7.12 Å². The second-order valence-electron chi connectivity index (χ2n) is 11.3. The maximum Gasteiger partial charge on any atom is 0.494 e. The minimum absolute atomic E-state index is 0.378. The third-order valence-electron chi connectivity index (χ3n) is 8.47. The zero-order chi connectivity index (χ0) is 25.4. The molecule has 0 radical (unpaired) electrons. The first kappa shape index (κ1) is 22.6. The highest BCUT2D eigenvalue weighted by Crippen LogP contribution is 2.42. The lowest BCUT2D eigenvalue weighted by molar-refractivity contribution is 0.00578. The number of nitrogens with zero attached hydrogens (tertiary/aromatic N) is 1. The van der Waals surface area contributed by atoms with E-state index >= 15 is 0 Å². The number of aromatic nitrogens is 1. The Balaban J connectivity index is 1.57. The molecule has 1 aromatic heterocycles. The molecule has 0 spiro atoms. The molecule has 0 bridgehead atoms. The summed E-state index contributed by atoms with van der Waals surface area (Å²) in [6, 6.07) is 35.0. The van der Waals surface area contributed by atoms with Crippen LogP contribution in [0.1, 0.15) is 33.3 Å². The van der Waals surface area contributed by atoms with Gasteiger partial charge in [0.25, 0.3) is 0 Å². The fraction of sp³-hybridized carbons (Fsp3) is 0.212.